The highest BCUT2D eigenvalue weighted by Crippen LogP contribution is 2.42. The molecule has 0 bridgehead atoms. The van der Waals surface area contributed by atoms with Crippen molar-refractivity contribution in [3.63, 3.8) is 0 Å². The van der Waals surface area contributed by atoms with Gasteiger partial charge in [0.05, 0.1) is 12.6 Å². The van der Waals surface area contributed by atoms with E-state index >= 15 is 0 Å². The molecule has 2 aliphatic rings. The van der Waals surface area contributed by atoms with E-state index < -0.39 is 0 Å². The lowest BCUT2D eigenvalue weighted by atomic mass is 9.78. The minimum absolute atomic E-state index is 0.181. The molecule has 0 saturated heterocycles. The quantitative estimate of drug-likeness (QED) is 0.803. The Hall–Kier alpha value is -0.680. The molecule has 3 nitrogen and oxygen atoms in total. The van der Waals surface area contributed by atoms with Crippen LogP contribution in [0.25, 0.3) is 0 Å². The molecule has 21 heavy (non-hydrogen) atoms. The third-order valence-corrected chi connectivity index (χ3v) is 5.85. The zero-order valence-corrected chi connectivity index (χ0v) is 14.9. The molecule has 1 saturated carbocycles. The van der Waals surface area contributed by atoms with Crippen molar-refractivity contribution in [1.29, 1.82) is 0 Å². The Kier molecular flexibility index (Phi) is 4.50. The monoisotopic (exact) mass is 368 g/mol. The summed E-state index contributed by atoms with van der Waals surface area (Å²) in [5.74, 6) is 2.76. The second-order valence-electron chi connectivity index (χ2n) is 6.14. The number of thioether (sulfide) groups is 1. The van der Waals surface area contributed by atoms with E-state index in [9.17, 15) is 0 Å². The molecule has 1 heterocycles. The van der Waals surface area contributed by atoms with Crippen molar-refractivity contribution in [2.75, 3.05) is 18.2 Å². The summed E-state index contributed by atoms with van der Waals surface area (Å²) in [7, 11) is 1.69. The maximum Gasteiger partial charge on any atom is 0.161 e. The predicted molar refractivity (Wildman–Crippen MR) is 94.6 cm³/mol. The number of nitrogens with one attached hydrogen (secondary N) is 1. The molecule has 0 aromatic heterocycles. The maximum atomic E-state index is 5.31. The molecule has 1 aliphatic carbocycles. The number of halogens is 1. The number of nitrogens with zero attached hydrogens (tertiary/aromatic N) is 1. The highest BCUT2D eigenvalue weighted by atomic mass is 79.9. The van der Waals surface area contributed by atoms with Crippen LogP contribution in [0.1, 0.15) is 32.6 Å². The van der Waals surface area contributed by atoms with Gasteiger partial charge in [-0.3, -0.25) is 4.99 Å². The molecule has 1 N–H and O–H groups in total. The van der Waals surface area contributed by atoms with Crippen LogP contribution in [-0.4, -0.2) is 23.6 Å². The third kappa shape index (κ3) is 3.57. The van der Waals surface area contributed by atoms with Gasteiger partial charge < -0.3 is 10.1 Å². The average Bonchev–Trinajstić information content (AvgIpc) is 2.80. The Bertz CT molecular complexity index is 563. The molecule has 1 spiro atoms. The van der Waals surface area contributed by atoms with Gasteiger partial charge in [0, 0.05) is 22.0 Å². The molecule has 0 radical (unpaired) electrons. The summed E-state index contributed by atoms with van der Waals surface area (Å²) in [6, 6.07) is 6.02. The van der Waals surface area contributed by atoms with Crippen LogP contribution in [0.3, 0.4) is 0 Å². The number of rotatable bonds is 2. The van der Waals surface area contributed by atoms with Gasteiger partial charge in [-0.2, -0.15) is 0 Å². The molecule has 1 aromatic rings. The molecule has 2 unspecified atom stereocenters. The third-order valence-electron chi connectivity index (χ3n) is 4.24. The fraction of sp³-hybridized carbons (Fsp3) is 0.562. The molecule has 3 rings (SSSR count). The number of hydrogen-bond acceptors (Lipinski definition) is 4. The van der Waals surface area contributed by atoms with E-state index in [-0.39, 0.29) is 5.54 Å². The van der Waals surface area contributed by atoms with Crippen LogP contribution in [0, 0.1) is 5.92 Å². The van der Waals surface area contributed by atoms with Crippen LogP contribution in [0.15, 0.2) is 27.7 Å². The molecular formula is C16H21BrN2OS. The topological polar surface area (TPSA) is 33.6 Å². The first kappa shape index (κ1) is 15.2. The van der Waals surface area contributed by atoms with Crippen molar-refractivity contribution in [3.05, 3.63) is 22.7 Å². The summed E-state index contributed by atoms with van der Waals surface area (Å²) in [5, 5.41) is 4.49. The Morgan fingerprint density at radius 1 is 1.43 bits per heavy atom. The minimum atomic E-state index is 0.181. The zero-order chi connectivity index (χ0) is 14.9. The normalized spacial score (nSPS) is 28.5. The Morgan fingerprint density at radius 2 is 2.29 bits per heavy atom. The van der Waals surface area contributed by atoms with Gasteiger partial charge in [-0.15, -0.1) is 0 Å². The standard InChI is InChI=1S/C16H21BrN2OS/c1-11-4-3-5-16(9-11)10-21-15(19-16)18-13-6-12(17)7-14(8-13)20-2/h6-8,11H,3-5,9-10H2,1-2H3,(H,18,19). The second kappa shape index (κ2) is 6.21. The molecule has 0 amide bonds. The number of amidine groups is 1. The van der Waals surface area contributed by atoms with Crippen molar-refractivity contribution in [1.82, 2.24) is 0 Å². The first-order valence-corrected chi connectivity index (χ1v) is 9.21. The predicted octanol–water partition coefficient (Wildman–Crippen LogP) is 4.92. The van der Waals surface area contributed by atoms with E-state index in [1.165, 1.54) is 25.7 Å². The molecule has 1 aliphatic heterocycles. The van der Waals surface area contributed by atoms with Crippen LogP contribution < -0.4 is 10.1 Å². The smallest absolute Gasteiger partial charge is 0.161 e. The summed E-state index contributed by atoms with van der Waals surface area (Å²) in [4.78, 5) is 5.02. The fourth-order valence-corrected chi connectivity index (χ4v) is 4.94. The summed E-state index contributed by atoms with van der Waals surface area (Å²) < 4.78 is 6.32. The first-order valence-electron chi connectivity index (χ1n) is 7.43. The fourth-order valence-electron chi connectivity index (χ4n) is 3.29. The molecule has 1 aromatic carbocycles. The number of hydrogen-bond donors (Lipinski definition) is 1. The van der Waals surface area contributed by atoms with Crippen molar-refractivity contribution in [3.8, 4) is 5.75 Å². The molecule has 114 valence electrons. The number of benzene rings is 1. The Morgan fingerprint density at radius 3 is 3.05 bits per heavy atom. The average molecular weight is 369 g/mol. The van der Waals surface area contributed by atoms with Crippen LogP contribution in [0.2, 0.25) is 0 Å². The lowest BCUT2D eigenvalue weighted by molar-refractivity contribution is 0.266. The van der Waals surface area contributed by atoms with Crippen LogP contribution >= 0.6 is 27.7 Å². The van der Waals surface area contributed by atoms with Gasteiger partial charge in [0.15, 0.2) is 5.17 Å². The van der Waals surface area contributed by atoms with E-state index in [2.05, 4.69) is 34.2 Å². The SMILES string of the molecule is COc1cc(Br)cc(NC2=NC3(CCCC(C)C3)CS2)c1. The molecule has 5 heteroatoms. The van der Waals surface area contributed by atoms with Crippen LogP contribution in [-0.2, 0) is 0 Å². The van der Waals surface area contributed by atoms with E-state index in [0.29, 0.717) is 0 Å². The summed E-state index contributed by atoms with van der Waals surface area (Å²) >= 11 is 5.36. The largest absolute Gasteiger partial charge is 0.497 e. The van der Waals surface area contributed by atoms with Gasteiger partial charge in [-0.05, 0) is 30.9 Å². The van der Waals surface area contributed by atoms with Gasteiger partial charge in [-0.1, -0.05) is 47.5 Å². The maximum absolute atomic E-state index is 5.31. The van der Waals surface area contributed by atoms with Gasteiger partial charge in [0.25, 0.3) is 0 Å². The van der Waals surface area contributed by atoms with Crippen molar-refractivity contribution in [2.45, 2.75) is 38.1 Å². The highest BCUT2D eigenvalue weighted by molar-refractivity contribution is 9.10. The molecule has 2 atom stereocenters. The zero-order valence-electron chi connectivity index (χ0n) is 12.5. The summed E-state index contributed by atoms with van der Waals surface area (Å²) in [6.45, 7) is 2.35. The van der Waals surface area contributed by atoms with E-state index in [1.807, 2.05) is 23.9 Å². The number of ether oxygens (including phenoxy) is 1. The van der Waals surface area contributed by atoms with Gasteiger partial charge in [0.2, 0.25) is 0 Å². The Balaban J connectivity index is 1.75. The minimum Gasteiger partial charge on any atom is -0.497 e. The van der Waals surface area contributed by atoms with Gasteiger partial charge in [-0.25, -0.2) is 0 Å². The lowest BCUT2D eigenvalue weighted by Crippen LogP contribution is -2.33. The highest BCUT2D eigenvalue weighted by Gasteiger charge is 2.39. The van der Waals surface area contributed by atoms with Crippen molar-refractivity contribution in [2.24, 2.45) is 10.9 Å². The van der Waals surface area contributed by atoms with E-state index in [0.717, 1.165) is 32.7 Å². The number of anilines is 1. The van der Waals surface area contributed by atoms with E-state index in [4.69, 9.17) is 9.73 Å². The summed E-state index contributed by atoms with van der Waals surface area (Å²) in [6.07, 6.45) is 5.13. The number of aliphatic imine (C=N–C) groups is 1. The molecular weight excluding hydrogens is 348 g/mol. The summed E-state index contributed by atoms with van der Waals surface area (Å²) in [5.41, 5.74) is 1.20. The number of methoxy groups -OCH3 is 1. The van der Waals surface area contributed by atoms with E-state index in [1.54, 1.807) is 7.11 Å². The first-order chi connectivity index (χ1) is 10.1. The second-order valence-corrected chi connectivity index (χ2v) is 8.02. The van der Waals surface area contributed by atoms with Crippen molar-refractivity contribution >= 4 is 38.5 Å². The van der Waals surface area contributed by atoms with Gasteiger partial charge in [0.1, 0.15) is 5.75 Å². The lowest BCUT2D eigenvalue weighted by Gasteiger charge is -2.33. The van der Waals surface area contributed by atoms with Crippen molar-refractivity contribution < 1.29 is 4.74 Å². The Labute approximate surface area is 139 Å². The molecule has 1 fully saturated rings. The van der Waals surface area contributed by atoms with Crippen LogP contribution in [0.4, 0.5) is 5.69 Å². The van der Waals surface area contributed by atoms with Gasteiger partial charge >= 0.3 is 0 Å². The van der Waals surface area contributed by atoms with Crippen LogP contribution in [0.5, 0.6) is 5.75 Å².